The highest BCUT2D eigenvalue weighted by atomic mass is 35.5. The highest BCUT2D eigenvalue weighted by Gasteiger charge is 2.14. The molecule has 0 heterocycles. The summed E-state index contributed by atoms with van der Waals surface area (Å²) in [6.07, 6.45) is 0. The van der Waals surface area contributed by atoms with Crippen LogP contribution in [0.5, 0.6) is 0 Å². The normalized spacial score (nSPS) is 10.3. The molecule has 0 fully saturated rings. The van der Waals surface area contributed by atoms with Crippen LogP contribution in [0.2, 0.25) is 5.02 Å². The van der Waals surface area contributed by atoms with E-state index in [1.54, 1.807) is 12.1 Å². The Morgan fingerprint density at radius 2 is 1.95 bits per heavy atom. The second-order valence-corrected chi connectivity index (χ2v) is 4.88. The highest BCUT2D eigenvalue weighted by Crippen LogP contribution is 2.25. The van der Waals surface area contributed by atoms with E-state index in [1.807, 2.05) is 38.1 Å². The summed E-state index contributed by atoms with van der Waals surface area (Å²) >= 11 is 6.06. The molecule has 2 rings (SSSR count). The number of carbonyl (C=O) groups excluding carboxylic acids is 1. The van der Waals surface area contributed by atoms with Crippen LogP contribution in [0.25, 0.3) is 0 Å². The maximum Gasteiger partial charge on any atom is 0.258 e. The first-order chi connectivity index (χ1) is 8.99. The standard InChI is InChI=1S/C15H15ClN2O/c1-9-6-7-11(16)13(8-9)18-15(19)14-10(2)4-3-5-12(14)17/h3-8H,17H2,1-2H3,(H,18,19). The number of nitrogens with one attached hydrogen (secondary N) is 1. The molecule has 0 atom stereocenters. The van der Waals surface area contributed by atoms with Crippen molar-refractivity contribution in [1.29, 1.82) is 0 Å². The number of halogens is 1. The van der Waals surface area contributed by atoms with Gasteiger partial charge >= 0.3 is 0 Å². The van der Waals surface area contributed by atoms with Gasteiger partial charge in [-0.05, 0) is 43.2 Å². The van der Waals surface area contributed by atoms with Crippen molar-refractivity contribution in [2.75, 3.05) is 11.1 Å². The van der Waals surface area contributed by atoms with Crippen LogP contribution < -0.4 is 11.1 Å². The van der Waals surface area contributed by atoms with Crippen LogP contribution in [0, 0.1) is 13.8 Å². The Hall–Kier alpha value is -2.00. The van der Waals surface area contributed by atoms with Crippen molar-refractivity contribution in [3.8, 4) is 0 Å². The molecule has 0 aliphatic carbocycles. The molecule has 0 saturated carbocycles. The van der Waals surface area contributed by atoms with Crippen molar-refractivity contribution in [2.45, 2.75) is 13.8 Å². The minimum Gasteiger partial charge on any atom is -0.398 e. The van der Waals surface area contributed by atoms with Gasteiger partial charge in [-0.15, -0.1) is 0 Å². The van der Waals surface area contributed by atoms with Crippen molar-refractivity contribution < 1.29 is 4.79 Å². The van der Waals surface area contributed by atoms with E-state index in [0.29, 0.717) is 22.0 Å². The minimum absolute atomic E-state index is 0.247. The molecular weight excluding hydrogens is 260 g/mol. The van der Waals surface area contributed by atoms with E-state index in [0.717, 1.165) is 11.1 Å². The number of nitrogen functional groups attached to an aromatic ring is 1. The van der Waals surface area contributed by atoms with Crippen LogP contribution in [0.1, 0.15) is 21.5 Å². The lowest BCUT2D eigenvalue weighted by atomic mass is 10.1. The second-order valence-electron chi connectivity index (χ2n) is 4.48. The lowest BCUT2D eigenvalue weighted by molar-refractivity contribution is 0.102. The smallest absolute Gasteiger partial charge is 0.258 e. The van der Waals surface area contributed by atoms with E-state index in [4.69, 9.17) is 17.3 Å². The van der Waals surface area contributed by atoms with Gasteiger partial charge in [-0.3, -0.25) is 4.79 Å². The molecule has 1 amide bonds. The molecule has 0 saturated heterocycles. The SMILES string of the molecule is Cc1ccc(Cl)c(NC(=O)c2c(C)cccc2N)c1. The number of carbonyl (C=O) groups is 1. The molecule has 3 N–H and O–H groups in total. The molecule has 19 heavy (non-hydrogen) atoms. The van der Waals surface area contributed by atoms with Gasteiger partial charge in [0.1, 0.15) is 0 Å². The van der Waals surface area contributed by atoms with Gasteiger partial charge in [-0.2, -0.15) is 0 Å². The first-order valence-electron chi connectivity index (χ1n) is 5.91. The van der Waals surface area contributed by atoms with Gasteiger partial charge in [0.25, 0.3) is 5.91 Å². The zero-order valence-corrected chi connectivity index (χ0v) is 11.6. The van der Waals surface area contributed by atoms with Crippen LogP contribution in [-0.2, 0) is 0 Å². The van der Waals surface area contributed by atoms with Crippen molar-refractivity contribution in [3.63, 3.8) is 0 Å². The summed E-state index contributed by atoms with van der Waals surface area (Å²) in [6.45, 7) is 3.79. The first-order valence-corrected chi connectivity index (χ1v) is 6.29. The molecule has 0 radical (unpaired) electrons. The lowest BCUT2D eigenvalue weighted by Gasteiger charge is -2.11. The largest absolute Gasteiger partial charge is 0.398 e. The van der Waals surface area contributed by atoms with E-state index in [1.165, 1.54) is 0 Å². The van der Waals surface area contributed by atoms with Crippen molar-refractivity contribution in [2.24, 2.45) is 0 Å². The van der Waals surface area contributed by atoms with Crippen molar-refractivity contribution >= 4 is 28.9 Å². The van der Waals surface area contributed by atoms with Crippen molar-refractivity contribution in [1.82, 2.24) is 0 Å². The molecule has 0 aromatic heterocycles. The highest BCUT2D eigenvalue weighted by molar-refractivity contribution is 6.34. The number of amides is 1. The van der Waals surface area contributed by atoms with Gasteiger partial charge in [-0.25, -0.2) is 0 Å². The van der Waals surface area contributed by atoms with Crippen molar-refractivity contribution in [3.05, 3.63) is 58.1 Å². The summed E-state index contributed by atoms with van der Waals surface area (Å²) in [5.41, 5.74) is 9.25. The molecule has 0 aliphatic heterocycles. The molecular formula is C15H15ClN2O. The van der Waals surface area contributed by atoms with E-state index in [2.05, 4.69) is 5.32 Å². The summed E-state index contributed by atoms with van der Waals surface area (Å²) in [5, 5.41) is 3.30. The van der Waals surface area contributed by atoms with Gasteiger partial charge in [0.2, 0.25) is 0 Å². The van der Waals surface area contributed by atoms with Crippen LogP contribution in [0.4, 0.5) is 11.4 Å². The number of benzene rings is 2. The third-order valence-electron chi connectivity index (χ3n) is 2.90. The lowest BCUT2D eigenvalue weighted by Crippen LogP contribution is -2.15. The Labute approximate surface area is 117 Å². The first kappa shape index (κ1) is 13.4. The van der Waals surface area contributed by atoms with Crippen LogP contribution in [0.15, 0.2) is 36.4 Å². The van der Waals surface area contributed by atoms with Gasteiger partial charge in [0.15, 0.2) is 0 Å². The monoisotopic (exact) mass is 274 g/mol. The van der Waals surface area contributed by atoms with E-state index >= 15 is 0 Å². The molecule has 0 spiro atoms. The Morgan fingerprint density at radius 1 is 1.21 bits per heavy atom. The topological polar surface area (TPSA) is 55.1 Å². The Bertz CT molecular complexity index is 618. The maximum absolute atomic E-state index is 12.3. The fraction of sp³-hybridized carbons (Fsp3) is 0.133. The number of hydrogen-bond donors (Lipinski definition) is 2. The molecule has 2 aromatic rings. The zero-order chi connectivity index (χ0) is 14.0. The predicted molar refractivity (Wildman–Crippen MR) is 79.7 cm³/mol. The third-order valence-corrected chi connectivity index (χ3v) is 3.23. The summed E-state index contributed by atoms with van der Waals surface area (Å²) < 4.78 is 0. The van der Waals surface area contributed by atoms with Gasteiger partial charge in [-0.1, -0.05) is 29.8 Å². The van der Waals surface area contributed by atoms with E-state index < -0.39 is 0 Å². The van der Waals surface area contributed by atoms with Crippen LogP contribution >= 0.6 is 11.6 Å². The molecule has 0 unspecified atom stereocenters. The average molecular weight is 275 g/mol. The summed E-state index contributed by atoms with van der Waals surface area (Å²) in [7, 11) is 0. The quantitative estimate of drug-likeness (QED) is 0.819. The third kappa shape index (κ3) is 2.88. The maximum atomic E-state index is 12.3. The van der Waals surface area contributed by atoms with Crippen LogP contribution in [0.3, 0.4) is 0 Å². The predicted octanol–water partition coefficient (Wildman–Crippen LogP) is 3.79. The average Bonchev–Trinajstić information content (AvgIpc) is 2.33. The van der Waals surface area contributed by atoms with Gasteiger partial charge in [0.05, 0.1) is 16.3 Å². The Kier molecular flexibility index (Phi) is 3.76. The number of hydrogen-bond acceptors (Lipinski definition) is 2. The van der Waals surface area contributed by atoms with E-state index in [9.17, 15) is 4.79 Å². The number of anilines is 2. The van der Waals surface area contributed by atoms with Gasteiger partial charge < -0.3 is 11.1 Å². The molecule has 0 aliphatic rings. The Balaban J connectivity index is 2.34. The fourth-order valence-electron chi connectivity index (χ4n) is 1.92. The molecule has 98 valence electrons. The van der Waals surface area contributed by atoms with Gasteiger partial charge in [0, 0.05) is 5.69 Å². The summed E-state index contributed by atoms with van der Waals surface area (Å²) in [6, 6.07) is 10.9. The Morgan fingerprint density at radius 3 is 2.63 bits per heavy atom. The second kappa shape index (κ2) is 5.33. The molecule has 4 heteroatoms. The molecule has 0 bridgehead atoms. The summed E-state index contributed by atoms with van der Waals surface area (Å²) in [5.74, 6) is -0.247. The molecule has 2 aromatic carbocycles. The number of aryl methyl sites for hydroxylation is 2. The minimum atomic E-state index is -0.247. The number of rotatable bonds is 2. The van der Waals surface area contributed by atoms with Crippen LogP contribution in [-0.4, -0.2) is 5.91 Å². The molecule has 3 nitrogen and oxygen atoms in total. The summed E-state index contributed by atoms with van der Waals surface area (Å²) in [4.78, 5) is 12.3. The fourth-order valence-corrected chi connectivity index (χ4v) is 2.09. The zero-order valence-electron chi connectivity index (χ0n) is 10.8. The van der Waals surface area contributed by atoms with E-state index in [-0.39, 0.29) is 5.91 Å². The number of nitrogens with two attached hydrogens (primary N) is 1.